The number of carbonyl (C=O) groups is 2. The van der Waals surface area contributed by atoms with E-state index in [-0.39, 0.29) is 0 Å². The van der Waals surface area contributed by atoms with Gasteiger partial charge in [-0.1, -0.05) is 17.7 Å². The lowest BCUT2D eigenvalue weighted by Crippen LogP contribution is -2.30. The zero-order valence-corrected chi connectivity index (χ0v) is 12.3. The fraction of sp³-hybridized carbons (Fsp3) is 0.176. The summed E-state index contributed by atoms with van der Waals surface area (Å²) in [7, 11) is 0. The topological polar surface area (TPSA) is 55.4 Å². The van der Waals surface area contributed by atoms with Crippen LogP contribution in [0.2, 0.25) is 0 Å². The largest absolute Gasteiger partial charge is 0.449 e. The highest BCUT2D eigenvalue weighted by Gasteiger charge is 2.19. The summed E-state index contributed by atoms with van der Waals surface area (Å²) in [5.74, 6) is -1.44. The second kappa shape index (κ2) is 6.85. The molecule has 0 saturated heterocycles. The van der Waals surface area contributed by atoms with Crippen LogP contribution in [0, 0.1) is 12.7 Å². The number of aryl methyl sites for hydroxylation is 1. The van der Waals surface area contributed by atoms with Gasteiger partial charge in [-0.15, -0.1) is 0 Å². The Morgan fingerprint density at radius 1 is 1.05 bits per heavy atom. The van der Waals surface area contributed by atoms with Crippen molar-refractivity contribution in [3.8, 4) is 0 Å². The van der Waals surface area contributed by atoms with Gasteiger partial charge in [0.25, 0.3) is 5.91 Å². The van der Waals surface area contributed by atoms with E-state index in [0.717, 1.165) is 5.56 Å². The van der Waals surface area contributed by atoms with Crippen molar-refractivity contribution < 1.29 is 18.7 Å². The molecule has 0 radical (unpaired) electrons. The number of carbonyl (C=O) groups excluding carboxylic acids is 2. The van der Waals surface area contributed by atoms with E-state index in [9.17, 15) is 14.0 Å². The summed E-state index contributed by atoms with van der Waals surface area (Å²) >= 11 is 0. The number of halogens is 1. The summed E-state index contributed by atoms with van der Waals surface area (Å²) in [6.45, 7) is 3.39. The Balaban J connectivity index is 1.94. The van der Waals surface area contributed by atoms with Crippen LogP contribution in [-0.4, -0.2) is 18.0 Å². The minimum Gasteiger partial charge on any atom is -0.449 e. The molecule has 0 saturated carbocycles. The van der Waals surface area contributed by atoms with Crippen molar-refractivity contribution in [2.24, 2.45) is 0 Å². The summed E-state index contributed by atoms with van der Waals surface area (Å²) in [4.78, 5) is 23.9. The number of benzene rings is 2. The first-order chi connectivity index (χ1) is 10.5. The minimum absolute atomic E-state index is 0.382. The smallest absolute Gasteiger partial charge is 0.338 e. The van der Waals surface area contributed by atoms with Crippen LogP contribution in [0.5, 0.6) is 0 Å². The predicted octanol–water partition coefficient (Wildman–Crippen LogP) is 3.32. The summed E-state index contributed by atoms with van der Waals surface area (Å²) in [6, 6.07) is 12.2. The van der Waals surface area contributed by atoms with E-state index in [2.05, 4.69) is 5.32 Å². The molecule has 1 amide bonds. The zero-order chi connectivity index (χ0) is 16.1. The lowest BCUT2D eigenvalue weighted by molar-refractivity contribution is -0.123. The lowest BCUT2D eigenvalue weighted by atomic mass is 10.1. The Bertz CT molecular complexity index is 665. The Morgan fingerprint density at radius 2 is 1.64 bits per heavy atom. The van der Waals surface area contributed by atoms with Crippen LogP contribution in [0.25, 0.3) is 0 Å². The van der Waals surface area contributed by atoms with Crippen LogP contribution in [-0.2, 0) is 9.53 Å². The van der Waals surface area contributed by atoms with Gasteiger partial charge in [0, 0.05) is 5.69 Å². The Morgan fingerprint density at radius 3 is 2.23 bits per heavy atom. The second-order valence-electron chi connectivity index (χ2n) is 4.91. The van der Waals surface area contributed by atoms with Crippen molar-refractivity contribution >= 4 is 17.6 Å². The van der Waals surface area contributed by atoms with Gasteiger partial charge in [0.2, 0.25) is 0 Å². The first-order valence-electron chi connectivity index (χ1n) is 6.80. The van der Waals surface area contributed by atoms with Crippen LogP contribution < -0.4 is 5.32 Å². The second-order valence-corrected chi connectivity index (χ2v) is 4.91. The summed E-state index contributed by atoms with van der Waals surface area (Å²) in [6.07, 6.45) is -0.959. The molecule has 0 unspecified atom stereocenters. The first kappa shape index (κ1) is 15.7. The fourth-order valence-electron chi connectivity index (χ4n) is 1.75. The zero-order valence-electron chi connectivity index (χ0n) is 12.3. The van der Waals surface area contributed by atoms with Gasteiger partial charge in [0.05, 0.1) is 5.56 Å². The molecular formula is C17H16FNO3. The van der Waals surface area contributed by atoms with Gasteiger partial charge in [-0.05, 0) is 50.2 Å². The maximum Gasteiger partial charge on any atom is 0.338 e. The average Bonchev–Trinajstić information content (AvgIpc) is 2.50. The lowest BCUT2D eigenvalue weighted by Gasteiger charge is -2.13. The number of nitrogens with one attached hydrogen (secondary N) is 1. The molecule has 0 bridgehead atoms. The Kier molecular flexibility index (Phi) is 4.88. The maximum absolute atomic E-state index is 12.8. The molecule has 0 heterocycles. The van der Waals surface area contributed by atoms with Crippen LogP contribution in [0.1, 0.15) is 22.8 Å². The fourth-order valence-corrected chi connectivity index (χ4v) is 1.75. The van der Waals surface area contributed by atoms with E-state index in [4.69, 9.17) is 4.74 Å². The summed E-state index contributed by atoms with van der Waals surface area (Å²) in [5, 5.41) is 2.55. The highest BCUT2D eigenvalue weighted by molar-refractivity contribution is 5.97. The molecule has 1 N–H and O–H groups in total. The third-order valence-electron chi connectivity index (χ3n) is 3.05. The Labute approximate surface area is 127 Å². The molecule has 0 fully saturated rings. The molecule has 0 aromatic heterocycles. The van der Waals surface area contributed by atoms with Gasteiger partial charge in [0.1, 0.15) is 5.82 Å². The van der Waals surface area contributed by atoms with Crippen molar-refractivity contribution in [3.63, 3.8) is 0 Å². The average molecular weight is 301 g/mol. The SMILES string of the molecule is Cc1ccc(C(=O)O[C@@H](C)C(=O)Nc2ccc(F)cc2)cc1. The summed E-state index contributed by atoms with van der Waals surface area (Å²) < 4.78 is 17.9. The third-order valence-corrected chi connectivity index (χ3v) is 3.05. The molecule has 0 spiro atoms. The van der Waals surface area contributed by atoms with E-state index in [1.807, 2.05) is 6.92 Å². The molecule has 114 valence electrons. The maximum atomic E-state index is 12.8. The number of hydrogen-bond donors (Lipinski definition) is 1. The molecule has 1 atom stereocenters. The number of amides is 1. The molecule has 0 aliphatic carbocycles. The van der Waals surface area contributed by atoms with Crippen LogP contribution in [0.15, 0.2) is 48.5 Å². The number of hydrogen-bond acceptors (Lipinski definition) is 3. The van der Waals surface area contributed by atoms with E-state index in [0.29, 0.717) is 11.3 Å². The standard InChI is InChI=1S/C17H16FNO3/c1-11-3-5-13(6-4-11)17(21)22-12(2)16(20)19-15-9-7-14(18)8-10-15/h3-10,12H,1-2H3,(H,19,20)/t12-/m0/s1. The van der Waals surface area contributed by atoms with Gasteiger partial charge < -0.3 is 10.1 Å². The van der Waals surface area contributed by atoms with Crippen molar-refractivity contribution in [2.75, 3.05) is 5.32 Å². The number of rotatable bonds is 4. The van der Waals surface area contributed by atoms with Gasteiger partial charge >= 0.3 is 5.97 Å². The molecule has 2 aromatic carbocycles. The number of esters is 1. The monoisotopic (exact) mass is 301 g/mol. The highest BCUT2D eigenvalue weighted by Crippen LogP contribution is 2.11. The van der Waals surface area contributed by atoms with Gasteiger partial charge in [-0.2, -0.15) is 0 Å². The van der Waals surface area contributed by atoms with E-state index < -0.39 is 23.8 Å². The van der Waals surface area contributed by atoms with Crippen LogP contribution in [0.4, 0.5) is 10.1 Å². The van der Waals surface area contributed by atoms with E-state index in [1.165, 1.54) is 31.2 Å². The molecule has 2 aromatic rings. The number of anilines is 1. The Hall–Kier alpha value is -2.69. The van der Waals surface area contributed by atoms with Crippen molar-refractivity contribution in [1.29, 1.82) is 0 Å². The third kappa shape index (κ3) is 4.15. The molecule has 2 rings (SSSR count). The van der Waals surface area contributed by atoms with Gasteiger partial charge in [0.15, 0.2) is 6.10 Å². The van der Waals surface area contributed by atoms with Crippen LogP contribution >= 0.6 is 0 Å². The number of ether oxygens (including phenoxy) is 1. The minimum atomic E-state index is -0.959. The van der Waals surface area contributed by atoms with Gasteiger partial charge in [-0.3, -0.25) is 4.79 Å². The van der Waals surface area contributed by atoms with Crippen molar-refractivity contribution in [3.05, 3.63) is 65.5 Å². The van der Waals surface area contributed by atoms with Crippen molar-refractivity contribution in [1.82, 2.24) is 0 Å². The molecular weight excluding hydrogens is 285 g/mol. The van der Waals surface area contributed by atoms with Gasteiger partial charge in [-0.25, -0.2) is 9.18 Å². The molecule has 4 nitrogen and oxygen atoms in total. The first-order valence-corrected chi connectivity index (χ1v) is 6.80. The quantitative estimate of drug-likeness (QED) is 0.881. The molecule has 5 heteroatoms. The van der Waals surface area contributed by atoms with E-state index in [1.54, 1.807) is 24.3 Å². The predicted molar refractivity (Wildman–Crippen MR) is 81.1 cm³/mol. The highest BCUT2D eigenvalue weighted by atomic mass is 19.1. The summed E-state index contributed by atoms with van der Waals surface area (Å²) in [5.41, 5.74) is 1.84. The molecule has 0 aliphatic rings. The molecule has 0 aliphatic heterocycles. The van der Waals surface area contributed by atoms with Crippen molar-refractivity contribution in [2.45, 2.75) is 20.0 Å². The van der Waals surface area contributed by atoms with E-state index >= 15 is 0 Å². The molecule has 22 heavy (non-hydrogen) atoms. The van der Waals surface area contributed by atoms with Crippen LogP contribution in [0.3, 0.4) is 0 Å². The normalized spacial score (nSPS) is 11.6.